The maximum atomic E-state index is 8.94. The molecule has 0 aromatic rings. The Hall–Kier alpha value is -0.750. The van der Waals surface area contributed by atoms with Crippen LogP contribution >= 0.6 is 0 Å². The topological polar surface area (TPSA) is 36.3 Å². The molecule has 0 amide bonds. The van der Waals surface area contributed by atoms with Gasteiger partial charge in [0.05, 0.1) is 18.2 Å². The molecule has 0 bridgehead atoms. The van der Waals surface area contributed by atoms with Crippen LogP contribution in [-0.2, 0) is 4.74 Å². The van der Waals surface area contributed by atoms with Crippen LogP contribution in [0.3, 0.4) is 0 Å². The molecule has 14 heavy (non-hydrogen) atoms. The lowest BCUT2D eigenvalue weighted by molar-refractivity contribution is -0.0534. The Morgan fingerprint density at radius 1 is 1.43 bits per heavy atom. The molecule has 1 unspecified atom stereocenters. The molecular formula is C11H20N2O. The molecule has 3 heteroatoms. The summed E-state index contributed by atoms with van der Waals surface area (Å²) in [5.74, 6) is 0. The number of hydrogen-bond acceptors (Lipinski definition) is 3. The second kappa shape index (κ2) is 3.43. The zero-order valence-electron chi connectivity index (χ0n) is 9.79. The van der Waals surface area contributed by atoms with Gasteiger partial charge < -0.3 is 9.64 Å². The first-order valence-electron chi connectivity index (χ1n) is 5.10. The van der Waals surface area contributed by atoms with Crippen molar-refractivity contribution in [3.8, 4) is 6.19 Å². The Morgan fingerprint density at radius 2 is 2.00 bits per heavy atom. The van der Waals surface area contributed by atoms with E-state index >= 15 is 0 Å². The number of rotatable bonds is 1. The minimum atomic E-state index is -0.119. The third-order valence-corrected chi connectivity index (χ3v) is 2.49. The van der Waals surface area contributed by atoms with Gasteiger partial charge in [0.25, 0.3) is 0 Å². The van der Waals surface area contributed by atoms with E-state index in [4.69, 9.17) is 10.00 Å². The highest BCUT2D eigenvalue weighted by molar-refractivity contribution is 5.00. The van der Waals surface area contributed by atoms with Crippen LogP contribution in [0.25, 0.3) is 0 Å². The van der Waals surface area contributed by atoms with E-state index in [1.807, 2.05) is 4.90 Å². The highest BCUT2D eigenvalue weighted by Gasteiger charge is 2.39. The fraction of sp³-hybridized carbons (Fsp3) is 0.909. The van der Waals surface area contributed by atoms with Crippen LogP contribution < -0.4 is 0 Å². The molecule has 1 fully saturated rings. The fourth-order valence-electron chi connectivity index (χ4n) is 1.94. The average Bonchev–Trinajstić information content (AvgIpc) is 2.20. The van der Waals surface area contributed by atoms with Gasteiger partial charge in [-0.1, -0.05) is 0 Å². The lowest BCUT2D eigenvalue weighted by atomic mass is 10.0. The molecule has 0 N–H and O–H groups in total. The van der Waals surface area contributed by atoms with Crippen LogP contribution in [0.1, 0.15) is 41.0 Å². The van der Waals surface area contributed by atoms with E-state index in [9.17, 15) is 0 Å². The van der Waals surface area contributed by atoms with Crippen molar-refractivity contribution in [3.05, 3.63) is 0 Å². The number of nitriles is 1. The van der Waals surface area contributed by atoms with E-state index in [2.05, 4.69) is 40.8 Å². The summed E-state index contributed by atoms with van der Waals surface area (Å²) in [6, 6.07) is 0. The zero-order valence-corrected chi connectivity index (χ0v) is 9.79. The summed E-state index contributed by atoms with van der Waals surface area (Å²) in [6.07, 6.45) is 3.34. The lowest BCUT2D eigenvalue weighted by Crippen LogP contribution is -2.33. The largest absolute Gasteiger partial charge is 0.371 e. The first-order valence-corrected chi connectivity index (χ1v) is 5.10. The van der Waals surface area contributed by atoms with Gasteiger partial charge in [0, 0.05) is 5.54 Å². The molecule has 0 aliphatic carbocycles. The SMILES string of the molecule is CC(C)(C)OC1CN(C#N)C(C)(C)C1. The lowest BCUT2D eigenvalue weighted by Gasteiger charge is -2.25. The van der Waals surface area contributed by atoms with Gasteiger partial charge in [-0.25, -0.2) is 0 Å². The second-order valence-electron chi connectivity index (χ2n) is 5.58. The standard InChI is InChI=1S/C11H20N2O/c1-10(2,3)14-9-6-11(4,5)13(7-9)8-12/h9H,6-7H2,1-5H3. The molecule has 1 aliphatic heterocycles. The molecule has 1 saturated heterocycles. The van der Waals surface area contributed by atoms with Crippen LogP contribution in [0.5, 0.6) is 0 Å². The molecule has 1 heterocycles. The van der Waals surface area contributed by atoms with Gasteiger partial charge in [-0.3, -0.25) is 0 Å². The van der Waals surface area contributed by atoms with Crippen molar-refractivity contribution in [2.75, 3.05) is 6.54 Å². The van der Waals surface area contributed by atoms with Crippen LogP contribution in [0, 0.1) is 11.5 Å². The van der Waals surface area contributed by atoms with E-state index in [1.54, 1.807) is 0 Å². The fourth-order valence-corrected chi connectivity index (χ4v) is 1.94. The van der Waals surface area contributed by atoms with E-state index in [0.717, 1.165) is 13.0 Å². The van der Waals surface area contributed by atoms with E-state index < -0.39 is 0 Å². The van der Waals surface area contributed by atoms with Crippen LogP contribution in [0.2, 0.25) is 0 Å². The number of hydrogen-bond donors (Lipinski definition) is 0. The Bertz CT molecular complexity index is 247. The van der Waals surface area contributed by atoms with E-state index in [1.165, 1.54) is 0 Å². The summed E-state index contributed by atoms with van der Waals surface area (Å²) >= 11 is 0. The third-order valence-electron chi connectivity index (χ3n) is 2.49. The minimum absolute atomic E-state index is 0.0509. The summed E-state index contributed by atoms with van der Waals surface area (Å²) < 4.78 is 5.87. The molecule has 1 aliphatic rings. The summed E-state index contributed by atoms with van der Waals surface area (Å²) in [4.78, 5) is 1.81. The molecular weight excluding hydrogens is 176 g/mol. The number of likely N-dealkylation sites (tertiary alicyclic amines) is 1. The molecule has 0 radical (unpaired) electrons. The quantitative estimate of drug-likeness (QED) is 0.603. The maximum Gasteiger partial charge on any atom is 0.179 e. The number of nitrogens with zero attached hydrogens (tertiary/aromatic N) is 2. The molecule has 0 aromatic carbocycles. The maximum absolute atomic E-state index is 8.94. The van der Waals surface area contributed by atoms with Gasteiger partial charge >= 0.3 is 0 Å². The number of ether oxygens (including phenoxy) is 1. The van der Waals surface area contributed by atoms with Crippen molar-refractivity contribution in [1.29, 1.82) is 5.26 Å². The predicted octanol–water partition coefficient (Wildman–Crippen LogP) is 2.14. The van der Waals surface area contributed by atoms with Crippen LogP contribution in [0.15, 0.2) is 0 Å². The van der Waals surface area contributed by atoms with E-state index in [0.29, 0.717) is 0 Å². The Labute approximate surface area is 86.6 Å². The molecule has 80 valence electrons. The molecule has 1 rings (SSSR count). The molecule has 0 saturated carbocycles. The van der Waals surface area contributed by atoms with Gasteiger partial charge in [-0.2, -0.15) is 5.26 Å². The summed E-state index contributed by atoms with van der Waals surface area (Å²) in [7, 11) is 0. The van der Waals surface area contributed by atoms with Crippen molar-refractivity contribution >= 4 is 0 Å². The molecule has 3 nitrogen and oxygen atoms in total. The van der Waals surface area contributed by atoms with Crippen LogP contribution in [-0.4, -0.2) is 28.7 Å². The molecule has 1 atom stereocenters. The summed E-state index contributed by atoms with van der Waals surface area (Å²) in [5, 5.41) is 8.94. The smallest absolute Gasteiger partial charge is 0.179 e. The van der Waals surface area contributed by atoms with Gasteiger partial charge in [-0.15, -0.1) is 0 Å². The van der Waals surface area contributed by atoms with Crippen LogP contribution in [0.4, 0.5) is 0 Å². The summed E-state index contributed by atoms with van der Waals surface area (Å²) in [6.45, 7) is 11.0. The Balaban J connectivity index is 2.60. The van der Waals surface area contributed by atoms with Gasteiger partial charge in [0.15, 0.2) is 6.19 Å². The average molecular weight is 196 g/mol. The molecule has 0 spiro atoms. The Morgan fingerprint density at radius 3 is 2.36 bits per heavy atom. The zero-order chi connectivity index (χ0) is 11.0. The van der Waals surface area contributed by atoms with Gasteiger partial charge in [0.2, 0.25) is 0 Å². The van der Waals surface area contributed by atoms with Crippen molar-refractivity contribution < 1.29 is 4.74 Å². The third kappa shape index (κ3) is 2.62. The monoisotopic (exact) mass is 196 g/mol. The summed E-state index contributed by atoms with van der Waals surface area (Å²) in [5.41, 5.74) is -0.170. The molecule has 0 aromatic heterocycles. The normalized spacial score (nSPS) is 26.3. The van der Waals surface area contributed by atoms with Crippen molar-refractivity contribution in [2.24, 2.45) is 0 Å². The van der Waals surface area contributed by atoms with Crippen molar-refractivity contribution in [3.63, 3.8) is 0 Å². The Kier molecular flexibility index (Phi) is 2.78. The first-order chi connectivity index (χ1) is 6.24. The van der Waals surface area contributed by atoms with Crippen molar-refractivity contribution in [1.82, 2.24) is 4.90 Å². The predicted molar refractivity (Wildman–Crippen MR) is 55.6 cm³/mol. The first kappa shape index (κ1) is 11.3. The highest BCUT2D eigenvalue weighted by atomic mass is 16.5. The van der Waals surface area contributed by atoms with E-state index in [-0.39, 0.29) is 17.2 Å². The van der Waals surface area contributed by atoms with Gasteiger partial charge in [0.1, 0.15) is 0 Å². The van der Waals surface area contributed by atoms with Gasteiger partial charge in [-0.05, 0) is 41.0 Å². The van der Waals surface area contributed by atoms with Crippen molar-refractivity contribution in [2.45, 2.75) is 58.3 Å². The second-order valence-corrected chi connectivity index (χ2v) is 5.58. The highest BCUT2D eigenvalue weighted by Crippen LogP contribution is 2.31. The minimum Gasteiger partial charge on any atom is -0.371 e.